The number of hydrogen-bond donors (Lipinski definition) is 0. The number of hydrogen-bond acceptors (Lipinski definition) is 4. The first-order valence-electron chi connectivity index (χ1n) is 4.09. The topological polar surface area (TPSA) is 40.2 Å². The van der Waals surface area contributed by atoms with Gasteiger partial charge in [0.15, 0.2) is 0 Å². The lowest BCUT2D eigenvalue weighted by Crippen LogP contribution is -2.08. The number of epoxide rings is 1. The highest BCUT2D eigenvalue weighted by Crippen LogP contribution is 2.08. The van der Waals surface area contributed by atoms with Crippen LogP contribution < -0.4 is 0 Å². The minimum atomic E-state index is 0.0982. The summed E-state index contributed by atoms with van der Waals surface area (Å²) in [7, 11) is 3.47. The number of ether oxygens (including phenoxy) is 2. The maximum absolute atomic E-state index is 5.35. The summed E-state index contributed by atoms with van der Waals surface area (Å²) in [6, 6.07) is 1.04. The monoisotopic (exact) mass is 231 g/mol. The molecule has 0 aliphatic carbocycles. The van der Waals surface area contributed by atoms with Gasteiger partial charge in [0, 0.05) is 6.61 Å². The van der Waals surface area contributed by atoms with Crippen LogP contribution in [0.5, 0.6) is 0 Å². The van der Waals surface area contributed by atoms with Crippen molar-refractivity contribution in [3.8, 4) is 0 Å². The Labute approximate surface area is 86.8 Å². The van der Waals surface area contributed by atoms with Gasteiger partial charge < -0.3 is 17.7 Å². The van der Waals surface area contributed by atoms with Gasteiger partial charge in [-0.15, -0.1) is 0 Å². The third kappa shape index (κ3) is 7.55. The lowest BCUT2D eigenvalue weighted by atomic mass is 10.5. The van der Waals surface area contributed by atoms with Crippen molar-refractivity contribution < 1.29 is 17.7 Å². The Bertz CT molecular complexity index is 122. The summed E-state index contributed by atoms with van der Waals surface area (Å²) in [5.41, 5.74) is 0. The van der Waals surface area contributed by atoms with Crippen LogP contribution in [0.2, 0.25) is 6.04 Å². The lowest BCUT2D eigenvalue weighted by Gasteiger charge is -2.01. The molecule has 7 radical (unpaired) electrons. The predicted molar refractivity (Wildman–Crippen MR) is 49.4 cm³/mol. The SMILES string of the molecule is [Si]O[Si]O[Si]CCCOCC1CO1. The molecule has 7 heteroatoms. The molecule has 1 saturated heterocycles. The van der Waals surface area contributed by atoms with E-state index in [2.05, 4.69) is 14.6 Å². The molecule has 1 heterocycles. The van der Waals surface area contributed by atoms with Crippen molar-refractivity contribution in [2.75, 3.05) is 19.8 Å². The smallest absolute Gasteiger partial charge is 0.409 e. The molecule has 4 nitrogen and oxygen atoms in total. The van der Waals surface area contributed by atoms with E-state index in [0.29, 0.717) is 15.9 Å². The second-order valence-corrected chi connectivity index (χ2v) is 5.15. The Balaban J connectivity index is 1.63. The summed E-state index contributed by atoms with van der Waals surface area (Å²) in [5, 5.41) is 0. The van der Waals surface area contributed by atoms with E-state index in [1.807, 2.05) is 0 Å². The van der Waals surface area contributed by atoms with Gasteiger partial charge in [-0.1, -0.05) is 0 Å². The van der Waals surface area contributed by atoms with Gasteiger partial charge in [0.05, 0.1) is 13.2 Å². The van der Waals surface area contributed by atoms with E-state index in [1.54, 1.807) is 0 Å². The zero-order chi connectivity index (χ0) is 9.36. The molecular weight excluding hydrogens is 220 g/mol. The Hall–Kier alpha value is 0.491. The molecule has 0 bridgehead atoms. The molecule has 1 aliphatic heterocycles. The van der Waals surface area contributed by atoms with E-state index < -0.39 is 0 Å². The van der Waals surface area contributed by atoms with Gasteiger partial charge in [-0.3, -0.25) is 0 Å². The first-order chi connectivity index (χ1) is 6.43. The highest BCUT2D eigenvalue weighted by molar-refractivity contribution is 6.41. The van der Waals surface area contributed by atoms with Crippen molar-refractivity contribution in [3.05, 3.63) is 0 Å². The van der Waals surface area contributed by atoms with Crippen LogP contribution in [-0.4, -0.2) is 56.2 Å². The molecule has 1 fully saturated rings. The van der Waals surface area contributed by atoms with E-state index in [4.69, 9.17) is 13.6 Å². The van der Waals surface area contributed by atoms with Gasteiger partial charge >= 0.3 is 10.0 Å². The molecule has 0 spiro atoms. The fourth-order valence-corrected chi connectivity index (χ4v) is 2.20. The van der Waals surface area contributed by atoms with Gasteiger partial charge in [-0.2, -0.15) is 0 Å². The Morgan fingerprint density at radius 1 is 1.54 bits per heavy atom. The molecule has 1 atom stereocenters. The van der Waals surface area contributed by atoms with Gasteiger partial charge in [0.2, 0.25) is 20.2 Å². The van der Waals surface area contributed by atoms with Crippen LogP contribution in [0, 0.1) is 0 Å². The molecular formula is C6H11O4Si3. The predicted octanol–water partition coefficient (Wildman–Crippen LogP) is -0.520. The largest absolute Gasteiger partial charge is 0.435 e. The van der Waals surface area contributed by atoms with Gasteiger partial charge in [-0.25, -0.2) is 0 Å². The van der Waals surface area contributed by atoms with Gasteiger partial charge in [-0.05, 0) is 12.5 Å². The molecule has 0 aromatic rings. The molecule has 0 N–H and O–H groups in total. The van der Waals surface area contributed by atoms with Crippen molar-refractivity contribution in [2.45, 2.75) is 18.6 Å². The minimum absolute atomic E-state index is 0.0982. The van der Waals surface area contributed by atoms with Crippen LogP contribution in [0.3, 0.4) is 0 Å². The Morgan fingerprint density at radius 3 is 3.08 bits per heavy atom. The summed E-state index contributed by atoms with van der Waals surface area (Å²) < 4.78 is 20.1. The highest BCUT2D eigenvalue weighted by Gasteiger charge is 2.21. The summed E-state index contributed by atoms with van der Waals surface area (Å²) in [5.74, 6) is 0. The first-order valence-corrected chi connectivity index (χ1v) is 6.43. The summed E-state index contributed by atoms with van der Waals surface area (Å²) in [4.78, 5) is 0. The average Bonchev–Trinajstić information content (AvgIpc) is 2.93. The van der Waals surface area contributed by atoms with Crippen LogP contribution in [0.1, 0.15) is 6.42 Å². The van der Waals surface area contributed by atoms with Crippen LogP contribution in [-0.2, 0) is 17.7 Å². The van der Waals surface area contributed by atoms with Crippen LogP contribution in [0.25, 0.3) is 0 Å². The maximum Gasteiger partial charge on any atom is 0.409 e. The van der Waals surface area contributed by atoms with Crippen molar-refractivity contribution in [2.24, 2.45) is 0 Å². The molecule has 1 unspecified atom stereocenters. The third-order valence-electron chi connectivity index (χ3n) is 1.43. The molecule has 1 rings (SSSR count). The van der Waals surface area contributed by atoms with Crippen molar-refractivity contribution in [1.29, 1.82) is 0 Å². The Kier molecular flexibility index (Phi) is 6.99. The second-order valence-electron chi connectivity index (χ2n) is 2.57. The number of rotatable bonds is 9. The first kappa shape index (κ1) is 11.6. The summed E-state index contributed by atoms with van der Waals surface area (Å²) >= 11 is 0. The van der Waals surface area contributed by atoms with Crippen molar-refractivity contribution in [1.82, 2.24) is 0 Å². The zero-order valence-corrected chi connectivity index (χ0v) is 10.2. The molecule has 0 amide bonds. The normalized spacial score (nSPS) is 20.5. The Morgan fingerprint density at radius 2 is 2.38 bits per heavy atom. The highest BCUT2D eigenvalue weighted by atomic mass is 28.3. The van der Waals surface area contributed by atoms with Crippen molar-refractivity contribution in [3.63, 3.8) is 0 Å². The quantitative estimate of drug-likeness (QED) is 0.304. The summed E-state index contributed by atoms with van der Waals surface area (Å²) in [6.07, 6.45) is 1.42. The van der Waals surface area contributed by atoms with Crippen LogP contribution >= 0.6 is 0 Å². The maximum atomic E-state index is 5.35. The van der Waals surface area contributed by atoms with Gasteiger partial charge in [0.25, 0.3) is 0 Å². The molecule has 13 heavy (non-hydrogen) atoms. The zero-order valence-electron chi connectivity index (χ0n) is 7.25. The standard InChI is InChI=1S/C6H11O4Si3/c11-9-13-10-12-3-1-2-7-4-6-5-8-6/h6H,1-5H2. The molecule has 0 saturated carbocycles. The molecule has 71 valence electrons. The van der Waals surface area contributed by atoms with Crippen LogP contribution in [0.15, 0.2) is 0 Å². The third-order valence-corrected chi connectivity index (χ3v) is 3.23. The van der Waals surface area contributed by atoms with E-state index >= 15 is 0 Å². The fourth-order valence-electron chi connectivity index (χ4n) is 0.727. The molecule has 1 aliphatic rings. The van der Waals surface area contributed by atoms with E-state index in [1.165, 1.54) is 0 Å². The molecule has 0 aromatic carbocycles. The lowest BCUT2D eigenvalue weighted by molar-refractivity contribution is 0.117. The summed E-state index contributed by atoms with van der Waals surface area (Å²) in [6.45, 7) is 2.42. The fraction of sp³-hybridized carbons (Fsp3) is 1.00. The van der Waals surface area contributed by atoms with Crippen LogP contribution in [0.4, 0.5) is 0 Å². The van der Waals surface area contributed by atoms with E-state index in [0.717, 1.165) is 32.3 Å². The van der Waals surface area contributed by atoms with E-state index in [9.17, 15) is 0 Å². The van der Waals surface area contributed by atoms with Crippen molar-refractivity contribution >= 4 is 30.3 Å². The minimum Gasteiger partial charge on any atom is -0.435 e. The van der Waals surface area contributed by atoms with E-state index in [-0.39, 0.29) is 10.0 Å². The average molecular weight is 231 g/mol. The molecule has 0 aromatic heterocycles. The second kappa shape index (κ2) is 7.85. The van der Waals surface area contributed by atoms with Gasteiger partial charge in [0.1, 0.15) is 6.10 Å².